The van der Waals surface area contributed by atoms with E-state index in [0.717, 1.165) is 47.2 Å². The van der Waals surface area contributed by atoms with Crippen LogP contribution in [0.4, 0.5) is 34.1 Å². The molecule has 6 aliphatic rings. The second-order valence-electron chi connectivity index (χ2n) is 21.8. The lowest BCUT2D eigenvalue weighted by molar-refractivity contribution is -0.113. The van der Waals surface area contributed by atoms with Gasteiger partial charge in [-0.3, -0.25) is 58.7 Å². The number of rotatable bonds is 27. The average Bonchev–Trinajstić information content (AvgIpc) is 1.54. The molecule has 0 unspecified atom stereocenters. The van der Waals surface area contributed by atoms with Crippen LogP contribution in [0.1, 0.15) is 72.6 Å². The second-order valence-corrected chi connectivity index (χ2v) is 44.5. The molecule has 0 bridgehead atoms. The molecule has 6 aromatic heterocycles. The topological polar surface area (TPSA) is 252 Å². The Labute approximate surface area is 700 Å². The van der Waals surface area contributed by atoms with Crippen molar-refractivity contribution in [2.75, 3.05) is 66.4 Å². The molecular weight excluding hydrogens is 1710 g/mol. The van der Waals surface area contributed by atoms with E-state index in [2.05, 4.69) is 103 Å². The maximum Gasteiger partial charge on any atom is 0.263 e. The highest BCUT2D eigenvalue weighted by molar-refractivity contribution is 8.44. The molecule has 18 nitrogen and oxygen atoms in total. The Balaban J connectivity index is 0.714. The van der Waals surface area contributed by atoms with E-state index in [9.17, 15) is 28.8 Å². The Morgan fingerprint density at radius 3 is 0.796 bits per heavy atom. The van der Waals surface area contributed by atoms with Crippen molar-refractivity contribution >= 4 is 281 Å². The van der Waals surface area contributed by atoms with Crippen LogP contribution in [0.3, 0.4) is 0 Å². The van der Waals surface area contributed by atoms with Crippen LogP contribution in [0.2, 0.25) is 0 Å². The summed E-state index contributed by atoms with van der Waals surface area (Å²) >= 11 is 30.7. The van der Waals surface area contributed by atoms with Crippen LogP contribution in [0.25, 0.3) is 34.2 Å². The van der Waals surface area contributed by atoms with Gasteiger partial charge in [0.15, 0.2) is 0 Å². The molecule has 0 spiro atoms. The van der Waals surface area contributed by atoms with Crippen molar-refractivity contribution in [1.29, 1.82) is 0 Å². The van der Waals surface area contributed by atoms with Crippen LogP contribution in [-0.2, 0) is 14.4 Å². The summed E-state index contributed by atoms with van der Waals surface area (Å²) in [4.78, 5) is 115. The predicted molar refractivity (Wildman–Crippen MR) is 485 cm³/mol. The van der Waals surface area contributed by atoms with E-state index in [4.69, 9.17) is 0 Å². The normalized spacial score (nSPS) is 15.7. The summed E-state index contributed by atoms with van der Waals surface area (Å²) in [6.45, 7) is 12.9. The van der Waals surface area contributed by atoms with E-state index in [0.29, 0.717) is 65.9 Å². The van der Waals surface area contributed by atoms with Gasteiger partial charge < -0.3 is 31.9 Å². The van der Waals surface area contributed by atoms with Gasteiger partial charge in [-0.05, 0) is 142 Å². The summed E-state index contributed by atoms with van der Waals surface area (Å²) < 4.78 is 14.6. The van der Waals surface area contributed by atoms with Gasteiger partial charge in [0.1, 0.15) is 17.1 Å². The van der Waals surface area contributed by atoms with Gasteiger partial charge in [0, 0.05) is 35.3 Å². The van der Waals surface area contributed by atoms with Gasteiger partial charge in [-0.15, -0.1) is 70.6 Å². The van der Waals surface area contributed by atoms with E-state index < -0.39 is 17.7 Å². The molecule has 552 valence electrons. The number of pyridine rings is 6. The molecule has 12 heterocycles. The lowest BCUT2D eigenvalue weighted by Gasteiger charge is -2.15. The van der Waals surface area contributed by atoms with Gasteiger partial charge in [0.2, 0.25) is 0 Å². The summed E-state index contributed by atoms with van der Waals surface area (Å²) in [7, 11) is 0. The first-order valence-corrected chi connectivity index (χ1v) is 48.8. The fourth-order valence-electron chi connectivity index (χ4n) is 9.86. The van der Waals surface area contributed by atoms with E-state index in [1.54, 1.807) is 197 Å². The fraction of sp³-hybridized carbons (Fsp3) is 0.167. The number of nitrogens with zero attached hydrogens (tertiary/aromatic N) is 6. The zero-order valence-corrected chi connectivity index (χ0v) is 72.3. The van der Waals surface area contributed by atoms with Crippen molar-refractivity contribution in [3.8, 4) is 34.2 Å². The minimum absolute atomic E-state index is 0.0676. The number of nitrogens with one attached hydrogen (secondary N) is 6. The van der Waals surface area contributed by atoms with Crippen LogP contribution >= 0.6 is 212 Å². The largest absolute Gasteiger partial charge is 0.320 e. The van der Waals surface area contributed by atoms with Gasteiger partial charge in [-0.1, -0.05) is 183 Å². The van der Waals surface area contributed by atoms with Crippen molar-refractivity contribution in [2.24, 2.45) is 0 Å². The number of thioether (sulfide) groups is 18. The minimum Gasteiger partial charge on any atom is -0.320 e. The number of carbonyl (C=O) groups is 6. The van der Waals surface area contributed by atoms with Gasteiger partial charge in [0.05, 0.1) is 135 Å². The Bertz CT molecular complexity index is 4490. The van der Waals surface area contributed by atoms with Gasteiger partial charge in [-0.2, -0.15) is 0 Å². The third kappa shape index (κ3) is 20.3. The number of aromatic nitrogens is 6. The van der Waals surface area contributed by atoms with Gasteiger partial charge in [0.25, 0.3) is 35.4 Å². The third-order valence-corrected chi connectivity index (χ3v) is 39.1. The van der Waals surface area contributed by atoms with Gasteiger partial charge >= 0.3 is 0 Å². The molecule has 0 aliphatic carbocycles. The zero-order valence-electron chi connectivity index (χ0n) is 57.6. The quantitative estimate of drug-likeness (QED) is 0.0280. The van der Waals surface area contributed by atoms with E-state index in [1.165, 1.54) is 110 Å². The van der Waals surface area contributed by atoms with Crippen molar-refractivity contribution in [3.05, 3.63) is 227 Å². The molecule has 13 rings (SSSR count). The van der Waals surface area contributed by atoms with Crippen molar-refractivity contribution < 1.29 is 28.8 Å². The Morgan fingerprint density at radius 1 is 0.306 bits per heavy atom. The average molecular weight is 1770 g/mol. The highest BCUT2D eigenvalue weighted by Gasteiger charge is 2.33. The van der Waals surface area contributed by atoms with Crippen molar-refractivity contribution in [3.63, 3.8) is 0 Å². The van der Waals surface area contributed by atoms with Crippen molar-refractivity contribution in [1.82, 2.24) is 29.9 Å². The summed E-state index contributed by atoms with van der Waals surface area (Å²) in [6, 6.07) is 24.2. The molecule has 6 aliphatic heterocycles. The van der Waals surface area contributed by atoms with Crippen LogP contribution in [0.15, 0.2) is 210 Å². The fourth-order valence-corrected chi connectivity index (χ4v) is 34.2. The molecule has 0 saturated heterocycles. The maximum absolute atomic E-state index is 14.8. The number of anilines is 6. The molecule has 6 amide bonds. The molecule has 0 fully saturated rings. The molecule has 0 atom stereocenters. The van der Waals surface area contributed by atoms with Crippen LogP contribution < -0.4 is 31.9 Å². The highest BCUT2D eigenvalue weighted by Crippen LogP contribution is 2.65. The molecule has 6 N–H and O–H groups in total. The summed E-state index contributed by atoms with van der Waals surface area (Å²) in [6.07, 6.45) is 9.25. The number of carbonyl (C=O) groups excluding carboxylic acids is 6. The zero-order chi connectivity index (χ0) is 75.2. The number of hydrogen-bond acceptors (Lipinski definition) is 30. The number of hydrogen-bond donors (Lipinski definition) is 6. The number of amides is 6. The maximum atomic E-state index is 14.8. The number of benzene rings is 1. The van der Waals surface area contributed by atoms with Crippen LogP contribution in [-0.4, -0.2) is 99.9 Å². The molecular formula is C72H60N12O6S18. The smallest absolute Gasteiger partial charge is 0.263 e. The molecule has 0 saturated carbocycles. The Hall–Kier alpha value is -5.10. The van der Waals surface area contributed by atoms with Gasteiger partial charge in [-0.25, -0.2) is 0 Å². The lowest BCUT2D eigenvalue weighted by Crippen LogP contribution is -2.20. The molecule has 108 heavy (non-hydrogen) atoms. The summed E-state index contributed by atoms with van der Waals surface area (Å²) in [5.41, 5.74) is 4.00. The molecule has 1 aromatic carbocycles. The molecule has 36 heteroatoms. The van der Waals surface area contributed by atoms with E-state index in [1.807, 2.05) is 86.8 Å². The standard InChI is InChI=1S/C72H60N12O6S18/c1-7-91-61-62(92-8-2)104-70(103-61)67-97-34-49(100-67)58(88)79-40-19-22-43(76-31-40)52-46(16-13-25-73-52)82-55(85)37-28-38(56(86)83-47-17-14-26-74-53(47)44-23-20-41(32-77-44)80-59(89)50-35-98-68(101-50)71-105-63(93-9-3)64(106-71)94-10-4)30-39(29-37)57(87)84-48-18-15-27-75-54(48)45-24-21-42(33-78-45)81-60(90)51-36-99-69(102-51)72-107-65(95-11-5)66(108-72)96-12-6/h13-36H,7-12H2,1-6H3,(H,79,88)(H,80,89)(H,81,90)(H,82,85)(H,83,86)(H,84,87). The summed E-state index contributed by atoms with van der Waals surface area (Å²) in [5, 5.41) is 23.4. The first kappa shape index (κ1) is 80.9. The molecule has 0 radical (unpaired) electrons. The molecule has 7 aromatic rings. The predicted octanol–water partition coefficient (Wildman–Crippen LogP) is 23.3. The highest BCUT2D eigenvalue weighted by atomic mass is 32.3. The van der Waals surface area contributed by atoms with Crippen LogP contribution in [0.5, 0.6) is 0 Å². The second kappa shape index (κ2) is 39.1. The Morgan fingerprint density at radius 2 is 0.565 bits per heavy atom. The SMILES string of the molecule is CCSC1=C(SCC)SC(=C2SC=C(C(=O)Nc3ccc(-c4ncccc4NC(=O)c4cc(C(=O)Nc5cccnc5-c5ccc(NC(=O)C6=CSC(=C7SC(SCC)=C(SCC)S7)S6)cn5)cc(C(=O)Nc5cccnc5-c5ccc(NC(=O)C6=CSC(=C7SC(SCC)=C(SCC)S7)S6)cn5)c4)nc3)S2)S1. The summed E-state index contributed by atoms with van der Waals surface area (Å²) in [5.74, 6) is 3.00. The lowest BCUT2D eigenvalue weighted by atomic mass is 10.0. The minimum atomic E-state index is -0.693. The third-order valence-electron chi connectivity index (χ3n) is 14.5. The Kier molecular flexibility index (Phi) is 29.3. The first-order valence-electron chi connectivity index (χ1n) is 32.9. The van der Waals surface area contributed by atoms with Crippen LogP contribution in [0, 0.1) is 0 Å². The first-order chi connectivity index (χ1) is 52.7. The van der Waals surface area contributed by atoms with E-state index >= 15 is 0 Å². The van der Waals surface area contributed by atoms with E-state index in [-0.39, 0.29) is 51.5 Å². The van der Waals surface area contributed by atoms with Crippen molar-refractivity contribution in [2.45, 2.75) is 41.5 Å². The monoisotopic (exact) mass is 1760 g/mol.